The summed E-state index contributed by atoms with van der Waals surface area (Å²) in [4.78, 5) is 88.0. The standard InChI is InChI=1S/C35H66N8O10.CH2O2/c1-4-40-14-16-41(18-19-43(26-35(52)53)21-20-42(17-15-40)25-34(50)51)24-33(49)39-13-12-38-31(47)8-7-30(46)37-11-9-28(44)22-29(45)23-32(48)36-10-5-6-27(2)3;2-1-3/h27-29,44-45H,4-26H2,1-3H3,(H,36,48)(H,37,46)(H,38,47)(H,39,49)(H,50,51)(H,52,53);1H,(H,2,3). The molecular formula is C36H68N8O12. The molecular weight excluding hydrogens is 736 g/mol. The molecule has 56 heavy (non-hydrogen) atoms. The number of rotatable bonds is 24. The Kier molecular flexibility index (Phi) is 29.9. The van der Waals surface area contributed by atoms with Gasteiger partial charge in [-0.2, -0.15) is 0 Å². The number of carbonyl (C=O) groups excluding carboxylic acids is 4. The Morgan fingerprint density at radius 1 is 0.589 bits per heavy atom. The van der Waals surface area contributed by atoms with E-state index >= 15 is 0 Å². The maximum atomic E-state index is 12.8. The molecule has 1 aliphatic heterocycles. The van der Waals surface area contributed by atoms with Crippen molar-refractivity contribution in [1.82, 2.24) is 40.9 Å². The number of carboxylic acid groups (broad SMARTS) is 3. The van der Waals surface area contributed by atoms with Crippen LogP contribution in [-0.2, 0) is 33.6 Å². The minimum atomic E-state index is -0.994. The van der Waals surface area contributed by atoms with E-state index < -0.39 is 24.1 Å². The summed E-state index contributed by atoms with van der Waals surface area (Å²) in [6.07, 6.45) is -0.0643. The van der Waals surface area contributed by atoms with Gasteiger partial charge in [0.15, 0.2) is 0 Å². The molecule has 20 nitrogen and oxygen atoms in total. The van der Waals surface area contributed by atoms with Gasteiger partial charge in [0.05, 0.1) is 38.3 Å². The molecule has 1 heterocycles. The molecule has 1 rings (SSSR count). The van der Waals surface area contributed by atoms with Crippen LogP contribution in [0.5, 0.6) is 0 Å². The third-order valence-corrected chi connectivity index (χ3v) is 8.86. The highest BCUT2D eigenvalue weighted by Gasteiger charge is 2.20. The molecule has 4 amide bonds. The summed E-state index contributed by atoms with van der Waals surface area (Å²) in [6, 6.07) is 0. The molecule has 0 aromatic heterocycles. The number of carbonyl (C=O) groups is 7. The monoisotopic (exact) mass is 804 g/mol. The molecule has 1 fully saturated rings. The fraction of sp³-hybridized carbons (Fsp3) is 0.806. The first-order valence-corrected chi connectivity index (χ1v) is 19.4. The largest absolute Gasteiger partial charge is 0.483 e. The molecule has 0 radical (unpaired) electrons. The molecule has 0 aromatic carbocycles. The lowest BCUT2D eigenvalue weighted by Gasteiger charge is -2.33. The van der Waals surface area contributed by atoms with E-state index in [0.717, 1.165) is 19.4 Å². The molecule has 9 N–H and O–H groups in total. The molecule has 2 atom stereocenters. The van der Waals surface area contributed by atoms with E-state index in [1.807, 2.05) is 16.7 Å². The van der Waals surface area contributed by atoms with E-state index in [-0.39, 0.29) is 101 Å². The molecule has 0 saturated carbocycles. The minimum Gasteiger partial charge on any atom is -0.483 e. The van der Waals surface area contributed by atoms with E-state index in [0.29, 0.717) is 64.8 Å². The van der Waals surface area contributed by atoms with Crippen molar-refractivity contribution in [3.63, 3.8) is 0 Å². The molecule has 0 spiro atoms. The average Bonchev–Trinajstić information content (AvgIpc) is 3.10. The van der Waals surface area contributed by atoms with E-state index in [1.54, 1.807) is 4.90 Å². The second kappa shape index (κ2) is 32.2. The van der Waals surface area contributed by atoms with Gasteiger partial charge in [-0.25, -0.2) is 0 Å². The summed E-state index contributed by atoms with van der Waals surface area (Å²) in [5.41, 5.74) is 0. The summed E-state index contributed by atoms with van der Waals surface area (Å²) < 4.78 is 0. The fourth-order valence-electron chi connectivity index (χ4n) is 5.74. The lowest BCUT2D eigenvalue weighted by molar-refractivity contribution is -0.140. The Hall–Kier alpha value is -3.95. The van der Waals surface area contributed by atoms with Crippen LogP contribution in [0.4, 0.5) is 0 Å². The van der Waals surface area contributed by atoms with Crippen LogP contribution in [0, 0.1) is 5.92 Å². The number of aliphatic hydroxyl groups excluding tert-OH is 2. The van der Waals surface area contributed by atoms with Gasteiger partial charge in [0, 0.05) is 91.4 Å². The van der Waals surface area contributed by atoms with Gasteiger partial charge in [0.25, 0.3) is 6.47 Å². The zero-order valence-electron chi connectivity index (χ0n) is 33.5. The van der Waals surface area contributed by atoms with Crippen LogP contribution >= 0.6 is 0 Å². The van der Waals surface area contributed by atoms with Crippen LogP contribution in [0.3, 0.4) is 0 Å². The number of hydrogen-bond acceptors (Lipinski definition) is 13. The van der Waals surface area contributed by atoms with Crippen LogP contribution in [0.25, 0.3) is 0 Å². The topological polar surface area (TPSA) is 282 Å². The Morgan fingerprint density at radius 2 is 1.00 bits per heavy atom. The van der Waals surface area contributed by atoms with Crippen LogP contribution < -0.4 is 21.3 Å². The molecule has 2 unspecified atom stereocenters. The van der Waals surface area contributed by atoms with Crippen molar-refractivity contribution < 1.29 is 59.1 Å². The summed E-state index contributed by atoms with van der Waals surface area (Å²) >= 11 is 0. The maximum Gasteiger partial charge on any atom is 0.317 e. The lowest BCUT2D eigenvalue weighted by atomic mass is 10.1. The number of hydrogen-bond donors (Lipinski definition) is 9. The predicted octanol–water partition coefficient (Wildman–Crippen LogP) is -2.33. The first kappa shape index (κ1) is 52.0. The molecule has 1 saturated heterocycles. The van der Waals surface area contributed by atoms with Gasteiger partial charge in [0.1, 0.15) is 0 Å². The van der Waals surface area contributed by atoms with Gasteiger partial charge in [-0.05, 0) is 38.1 Å². The number of aliphatic carboxylic acids is 2. The van der Waals surface area contributed by atoms with Gasteiger partial charge < -0.3 is 51.7 Å². The SMILES string of the molecule is CCN1CCN(CC(=O)O)CCN(CC(=O)O)CCN(CC(=O)NCCNC(=O)CCC(=O)NCCC(O)CC(O)CC(=O)NCCCC(C)C)CC1.O=CO. The third kappa shape index (κ3) is 30.3. The van der Waals surface area contributed by atoms with Crippen molar-refractivity contribution in [2.45, 2.75) is 77.9 Å². The summed E-state index contributed by atoms with van der Waals surface area (Å²) in [7, 11) is 0. The van der Waals surface area contributed by atoms with Crippen molar-refractivity contribution in [3.05, 3.63) is 0 Å². The quantitative estimate of drug-likeness (QED) is 0.0366. The van der Waals surface area contributed by atoms with Gasteiger partial charge in [-0.3, -0.25) is 48.3 Å². The molecule has 324 valence electrons. The second-order valence-electron chi connectivity index (χ2n) is 14.1. The number of amides is 4. The van der Waals surface area contributed by atoms with Crippen molar-refractivity contribution in [2.75, 3.05) is 105 Å². The Bertz CT molecular complexity index is 1170. The van der Waals surface area contributed by atoms with Crippen LogP contribution in [0.15, 0.2) is 0 Å². The molecule has 1 aliphatic rings. The van der Waals surface area contributed by atoms with Crippen molar-refractivity contribution in [1.29, 1.82) is 0 Å². The third-order valence-electron chi connectivity index (χ3n) is 8.86. The number of nitrogens with zero attached hydrogens (tertiary/aromatic N) is 4. The van der Waals surface area contributed by atoms with Gasteiger partial charge in [-0.1, -0.05) is 20.8 Å². The zero-order valence-corrected chi connectivity index (χ0v) is 33.5. The second-order valence-corrected chi connectivity index (χ2v) is 14.1. The Labute approximate surface area is 330 Å². The van der Waals surface area contributed by atoms with Crippen LogP contribution in [0.1, 0.15) is 65.7 Å². The summed E-state index contributed by atoms with van der Waals surface area (Å²) in [5.74, 6) is -2.61. The molecule has 0 aromatic rings. The minimum absolute atomic E-state index is 0.00561. The van der Waals surface area contributed by atoms with E-state index in [4.69, 9.17) is 9.90 Å². The van der Waals surface area contributed by atoms with E-state index in [1.165, 1.54) is 0 Å². The Balaban J connectivity index is 0.00000974. The number of nitrogens with one attached hydrogen (secondary N) is 4. The van der Waals surface area contributed by atoms with Crippen molar-refractivity contribution >= 4 is 42.0 Å². The number of aliphatic hydroxyl groups is 2. The zero-order chi connectivity index (χ0) is 42.3. The predicted molar refractivity (Wildman–Crippen MR) is 207 cm³/mol. The summed E-state index contributed by atoms with van der Waals surface area (Å²) in [6.45, 7) is 11.5. The molecule has 0 aliphatic carbocycles. The highest BCUT2D eigenvalue weighted by molar-refractivity contribution is 5.83. The van der Waals surface area contributed by atoms with Gasteiger partial charge in [-0.15, -0.1) is 0 Å². The molecule has 0 bridgehead atoms. The van der Waals surface area contributed by atoms with Crippen LogP contribution in [-0.4, -0.2) is 204 Å². The molecule has 20 heteroatoms. The van der Waals surface area contributed by atoms with Gasteiger partial charge >= 0.3 is 11.9 Å². The summed E-state index contributed by atoms with van der Waals surface area (Å²) in [5, 5.41) is 56.7. The highest BCUT2D eigenvalue weighted by Crippen LogP contribution is 2.07. The first-order valence-electron chi connectivity index (χ1n) is 19.4. The number of carboxylic acids is 2. The fourth-order valence-corrected chi connectivity index (χ4v) is 5.74. The maximum absolute atomic E-state index is 12.8. The first-order chi connectivity index (χ1) is 26.6. The lowest BCUT2D eigenvalue weighted by Crippen LogP contribution is -2.49. The number of likely N-dealkylation sites (N-methyl/N-ethyl adjacent to an activating group) is 1. The van der Waals surface area contributed by atoms with E-state index in [9.17, 15) is 49.2 Å². The average molecular weight is 805 g/mol. The van der Waals surface area contributed by atoms with Crippen LogP contribution in [0.2, 0.25) is 0 Å². The van der Waals surface area contributed by atoms with Crippen molar-refractivity contribution in [3.8, 4) is 0 Å². The smallest absolute Gasteiger partial charge is 0.317 e. The highest BCUT2D eigenvalue weighted by atomic mass is 16.4. The van der Waals surface area contributed by atoms with Crippen molar-refractivity contribution in [2.24, 2.45) is 5.92 Å². The van der Waals surface area contributed by atoms with E-state index in [2.05, 4.69) is 40.0 Å². The van der Waals surface area contributed by atoms with Gasteiger partial charge in [0.2, 0.25) is 23.6 Å². The Morgan fingerprint density at radius 3 is 1.45 bits per heavy atom. The normalized spacial score (nSPS) is 16.2.